The second-order valence-electron chi connectivity index (χ2n) is 8.28. The molecule has 1 aliphatic rings. The molecule has 0 aromatic heterocycles. The van der Waals surface area contributed by atoms with E-state index in [0.717, 1.165) is 8.78 Å². The summed E-state index contributed by atoms with van der Waals surface area (Å²) >= 11 is 15.6. The molecular formula is C25H23BrCl2FN3O3S. The Morgan fingerprint density at radius 3 is 2.28 bits per heavy atom. The lowest BCUT2D eigenvalue weighted by molar-refractivity contribution is -0.131. The first-order chi connectivity index (χ1) is 17.1. The molecule has 0 saturated carbocycles. The zero-order chi connectivity index (χ0) is 25.9. The molecule has 0 N–H and O–H groups in total. The van der Waals surface area contributed by atoms with Gasteiger partial charge >= 0.3 is 0 Å². The fraction of sp³-hybridized carbons (Fsp3) is 0.240. The van der Waals surface area contributed by atoms with Gasteiger partial charge in [0.25, 0.3) is 0 Å². The number of anilines is 1. The van der Waals surface area contributed by atoms with Crippen molar-refractivity contribution in [2.45, 2.75) is 11.4 Å². The van der Waals surface area contributed by atoms with E-state index >= 15 is 0 Å². The summed E-state index contributed by atoms with van der Waals surface area (Å²) in [5.41, 5.74) is 1.01. The molecule has 1 saturated heterocycles. The van der Waals surface area contributed by atoms with E-state index in [1.807, 2.05) is 4.90 Å². The van der Waals surface area contributed by atoms with Crippen LogP contribution in [0.3, 0.4) is 0 Å². The average Bonchev–Trinajstić information content (AvgIpc) is 2.85. The van der Waals surface area contributed by atoms with Gasteiger partial charge in [-0.1, -0.05) is 57.3 Å². The molecule has 4 rings (SSSR count). The Morgan fingerprint density at radius 2 is 1.64 bits per heavy atom. The summed E-state index contributed by atoms with van der Waals surface area (Å²) < 4.78 is 43.1. The molecule has 0 unspecified atom stereocenters. The van der Waals surface area contributed by atoms with Gasteiger partial charge in [0.15, 0.2) is 0 Å². The molecule has 1 fully saturated rings. The minimum atomic E-state index is -4.02. The quantitative estimate of drug-likeness (QED) is 0.356. The van der Waals surface area contributed by atoms with Crippen molar-refractivity contribution in [2.75, 3.05) is 37.6 Å². The second kappa shape index (κ2) is 11.5. The maximum absolute atomic E-state index is 14.2. The lowest BCUT2D eigenvalue weighted by Crippen LogP contribution is -2.52. The number of halogens is 4. The number of para-hydroxylation sites is 1. The first-order valence-corrected chi connectivity index (χ1v) is 14.1. The van der Waals surface area contributed by atoms with Gasteiger partial charge in [0.1, 0.15) is 5.82 Å². The minimum Gasteiger partial charge on any atom is -0.366 e. The highest BCUT2D eigenvalue weighted by Crippen LogP contribution is 2.26. The summed E-state index contributed by atoms with van der Waals surface area (Å²) in [4.78, 5) is 16.8. The SMILES string of the molecule is O=C(CN(Cc1ccc(Cl)cc1Cl)S(=O)(=O)c1ccc(Br)cc1)N1CCN(c2ccccc2F)CC1. The number of benzene rings is 3. The predicted molar refractivity (Wildman–Crippen MR) is 143 cm³/mol. The number of sulfonamides is 1. The molecule has 36 heavy (non-hydrogen) atoms. The normalized spacial score (nSPS) is 14.4. The Bertz CT molecular complexity index is 1350. The van der Waals surface area contributed by atoms with Crippen LogP contribution >= 0.6 is 39.1 Å². The maximum atomic E-state index is 14.2. The lowest BCUT2D eigenvalue weighted by Gasteiger charge is -2.37. The van der Waals surface area contributed by atoms with E-state index in [4.69, 9.17) is 23.2 Å². The van der Waals surface area contributed by atoms with E-state index in [1.165, 1.54) is 24.3 Å². The van der Waals surface area contributed by atoms with Crippen LogP contribution in [0, 0.1) is 5.82 Å². The maximum Gasteiger partial charge on any atom is 0.243 e. The fourth-order valence-electron chi connectivity index (χ4n) is 3.98. The van der Waals surface area contributed by atoms with Gasteiger partial charge in [0.05, 0.1) is 17.1 Å². The van der Waals surface area contributed by atoms with Crippen molar-refractivity contribution < 1.29 is 17.6 Å². The number of hydrogen-bond donors (Lipinski definition) is 0. The number of piperazine rings is 1. The highest BCUT2D eigenvalue weighted by atomic mass is 79.9. The molecule has 1 heterocycles. The van der Waals surface area contributed by atoms with Crippen LogP contribution in [0.2, 0.25) is 10.0 Å². The number of carbonyl (C=O) groups excluding carboxylic acids is 1. The third kappa shape index (κ3) is 6.20. The molecule has 0 radical (unpaired) electrons. The number of amides is 1. The van der Waals surface area contributed by atoms with Crippen molar-refractivity contribution in [3.05, 3.63) is 92.6 Å². The molecule has 0 atom stereocenters. The Kier molecular flexibility index (Phi) is 8.57. The van der Waals surface area contributed by atoms with Gasteiger partial charge in [-0.3, -0.25) is 4.79 Å². The van der Waals surface area contributed by atoms with Crippen LogP contribution in [0.4, 0.5) is 10.1 Å². The Balaban J connectivity index is 1.53. The molecule has 0 spiro atoms. The van der Waals surface area contributed by atoms with Gasteiger partial charge in [0.2, 0.25) is 15.9 Å². The van der Waals surface area contributed by atoms with Crippen LogP contribution in [0.1, 0.15) is 5.56 Å². The number of hydrogen-bond acceptors (Lipinski definition) is 4. The first-order valence-electron chi connectivity index (χ1n) is 11.1. The van der Waals surface area contributed by atoms with Crippen LogP contribution in [-0.2, 0) is 21.4 Å². The molecule has 3 aromatic rings. The summed E-state index contributed by atoms with van der Waals surface area (Å²) in [6.07, 6.45) is 0. The van der Waals surface area contributed by atoms with Crippen molar-refractivity contribution in [3.63, 3.8) is 0 Å². The van der Waals surface area contributed by atoms with Gasteiger partial charge in [-0.05, 0) is 54.1 Å². The van der Waals surface area contributed by atoms with E-state index in [-0.39, 0.29) is 29.7 Å². The van der Waals surface area contributed by atoms with E-state index in [0.29, 0.717) is 47.5 Å². The van der Waals surface area contributed by atoms with E-state index in [1.54, 1.807) is 47.4 Å². The highest BCUT2D eigenvalue weighted by Gasteiger charge is 2.31. The highest BCUT2D eigenvalue weighted by molar-refractivity contribution is 9.10. The van der Waals surface area contributed by atoms with Gasteiger partial charge < -0.3 is 9.80 Å². The molecule has 190 valence electrons. The Labute approximate surface area is 228 Å². The third-order valence-electron chi connectivity index (χ3n) is 5.95. The topological polar surface area (TPSA) is 60.9 Å². The Morgan fingerprint density at radius 1 is 0.972 bits per heavy atom. The summed E-state index contributed by atoms with van der Waals surface area (Å²) in [6, 6.07) is 17.5. The van der Waals surface area contributed by atoms with Crippen LogP contribution in [-0.4, -0.2) is 56.3 Å². The monoisotopic (exact) mass is 613 g/mol. The summed E-state index contributed by atoms with van der Waals surface area (Å²) in [6.45, 7) is 1.11. The van der Waals surface area contributed by atoms with Crippen LogP contribution in [0.15, 0.2) is 76.1 Å². The number of nitrogens with zero attached hydrogens (tertiary/aromatic N) is 3. The molecule has 1 amide bonds. The molecule has 11 heteroatoms. The smallest absolute Gasteiger partial charge is 0.243 e. The molecule has 1 aliphatic heterocycles. The van der Waals surface area contributed by atoms with Crippen molar-refractivity contribution >= 4 is 60.7 Å². The van der Waals surface area contributed by atoms with Crippen LogP contribution in [0.5, 0.6) is 0 Å². The molecule has 6 nitrogen and oxygen atoms in total. The van der Waals surface area contributed by atoms with Gasteiger partial charge in [-0.2, -0.15) is 4.31 Å². The standard InChI is InChI=1S/C25H23BrCl2FN3O3S/c26-19-6-9-21(10-7-19)36(34,35)32(16-18-5-8-20(27)15-22(18)28)17-25(33)31-13-11-30(12-14-31)24-4-2-1-3-23(24)29/h1-10,15H,11-14,16-17H2. The first kappa shape index (κ1) is 26.9. The largest absolute Gasteiger partial charge is 0.366 e. The molecule has 0 aliphatic carbocycles. The van der Waals surface area contributed by atoms with Crippen molar-refractivity contribution in [3.8, 4) is 0 Å². The summed E-state index contributed by atoms with van der Waals surface area (Å²) in [7, 11) is -4.02. The second-order valence-corrected chi connectivity index (χ2v) is 12.0. The van der Waals surface area contributed by atoms with E-state index in [9.17, 15) is 17.6 Å². The molecule has 0 bridgehead atoms. The summed E-state index contributed by atoms with van der Waals surface area (Å²) in [5, 5.41) is 0.735. The fourth-order valence-corrected chi connectivity index (χ4v) is 6.08. The van der Waals surface area contributed by atoms with Crippen molar-refractivity contribution in [1.82, 2.24) is 9.21 Å². The molecular weight excluding hydrogens is 592 g/mol. The molecule has 3 aromatic carbocycles. The number of carbonyl (C=O) groups is 1. The number of rotatable bonds is 7. The van der Waals surface area contributed by atoms with Crippen LogP contribution in [0.25, 0.3) is 0 Å². The van der Waals surface area contributed by atoms with Gasteiger partial charge in [-0.25, -0.2) is 12.8 Å². The van der Waals surface area contributed by atoms with Crippen LogP contribution < -0.4 is 4.90 Å². The van der Waals surface area contributed by atoms with Gasteiger partial charge in [-0.15, -0.1) is 0 Å². The summed E-state index contributed by atoms with van der Waals surface area (Å²) in [5.74, 6) is -0.655. The Hall–Kier alpha value is -2.17. The zero-order valence-electron chi connectivity index (χ0n) is 19.1. The predicted octanol–water partition coefficient (Wildman–Crippen LogP) is 5.43. The average molecular weight is 615 g/mol. The zero-order valence-corrected chi connectivity index (χ0v) is 23.0. The van der Waals surface area contributed by atoms with Crippen molar-refractivity contribution in [1.29, 1.82) is 0 Å². The van der Waals surface area contributed by atoms with E-state index < -0.39 is 10.0 Å². The van der Waals surface area contributed by atoms with Gasteiger partial charge in [0, 0.05) is 47.2 Å². The van der Waals surface area contributed by atoms with E-state index in [2.05, 4.69) is 15.9 Å². The third-order valence-corrected chi connectivity index (χ3v) is 8.87. The van der Waals surface area contributed by atoms with Crippen molar-refractivity contribution in [2.24, 2.45) is 0 Å². The lowest BCUT2D eigenvalue weighted by atomic mass is 10.2. The minimum absolute atomic E-state index is 0.0629.